The highest BCUT2D eigenvalue weighted by Crippen LogP contribution is 2.41. The van der Waals surface area contributed by atoms with E-state index in [2.05, 4.69) is 0 Å². The van der Waals surface area contributed by atoms with E-state index >= 15 is 0 Å². The summed E-state index contributed by atoms with van der Waals surface area (Å²) in [5, 5.41) is 0. The molecule has 0 aliphatic heterocycles. The molecule has 0 heterocycles. The molecule has 23 heavy (non-hydrogen) atoms. The lowest BCUT2D eigenvalue weighted by molar-refractivity contribution is -0.186. The first-order valence-electron chi connectivity index (χ1n) is 8.19. The Bertz CT molecular complexity index is 568. The van der Waals surface area contributed by atoms with E-state index in [0.717, 1.165) is 16.8 Å². The van der Waals surface area contributed by atoms with E-state index in [0.29, 0.717) is 19.4 Å². The molecule has 2 atom stereocenters. The Balaban J connectivity index is 2.19. The molecule has 1 aliphatic carbocycles. The van der Waals surface area contributed by atoms with Crippen molar-refractivity contribution in [1.29, 1.82) is 0 Å². The number of hydrogen-bond acceptors (Lipinski definition) is 1. The van der Waals surface area contributed by atoms with Gasteiger partial charge in [0.1, 0.15) is 0 Å². The number of carbonyl (C=O) groups is 1. The maximum atomic E-state index is 13.0. The highest BCUT2D eigenvalue weighted by atomic mass is 19.4. The van der Waals surface area contributed by atoms with Gasteiger partial charge < -0.3 is 4.90 Å². The highest BCUT2D eigenvalue weighted by molar-refractivity contribution is 5.95. The normalized spacial score (nSPS) is 22.0. The molecule has 1 saturated carbocycles. The van der Waals surface area contributed by atoms with Crippen LogP contribution in [0.25, 0.3) is 0 Å². The lowest BCUT2D eigenvalue weighted by Gasteiger charge is -2.33. The van der Waals surface area contributed by atoms with Crippen molar-refractivity contribution in [3.05, 3.63) is 29.3 Å². The summed E-state index contributed by atoms with van der Waals surface area (Å²) in [6.45, 7) is 6.23. The molecule has 1 fully saturated rings. The van der Waals surface area contributed by atoms with Crippen LogP contribution in [0.2, 0.25) is 0 Å². The van der Waals surface area contributed by atoms with Gasteiger partial charge in [-0.05, 0) is 51.7 Å². The molecule has 1 amide bonds. The van der Waals surface area contributed by atoms with Crippen molar-refractivity contribution < 1.29 is 18.0 Å². The van der Waals surface area contributed by atoms with Gasteiger partial charge in [-0.1, -0.05) is 24.1 Å². The molecule has 0 radical (unpaired) electrons. The summed E-state index contributed by atoms with van der Waals surface area (Å²) in [6, 6.07) is 5.80. The third-order valence-electron chi connectivity index (χ3n) is 4.71. The second-order valence-corrected chi connectivity index (χ2v) is 6.47. The fourth-order valence-electron chi connectivity index (χ4n) is 3.48. The lowest BCUT2D eigenvalue weighted by atomic mass is 9.80. The molecule has 1 aliphatic rings. The van der Waals surface area contributed by atoms with Gasteiger partial charge in [0, 0.05) is 18.2 Å². The predicted molar refractivity (Wildman–Crippen MR) is 85.4 cm³/mol. The van der Waals surface area contributed by atoms with Crippen LogP contribution in [0, 0.1) is 25.7 Å². The van der Waals surface area contributed by atoms with E-state index in [1.54, 1.807) is 4.90 Å². The second kappa shape index (κ2) is 6.93. The van der Waals surface area contributed by atoms with Gasteiger partial charge in [0.2, 0.25) is 5.91 Å². The van der Waals surface area contributed by atoms with Crippen molar-refractivity contribution in [2.45, 2.75) is 52.6 Å². The molecule has 1 aromatic carbocycles. The summed E-state index contributed by atoms with van der Waals surface area (Å²) in [5.74, 6) is -2.05. The van der Waals surface area contributed by atoms with Crippen LogP contribution in [0.1, 0.15) is 43.7 Å². The monoisotopic (exact) mass is 327 g/mol. The molecule has 0 saturated heterocycles. The molecule has 0 spiro atoms. The number of nitrogens with zero attached hydrogens (tertiary/aromatic N) is 1. The number of benzene rings is 1. The second-order valence-electron chi connectivity index (χ2n) is 6.47. The smallest absolute Gasteiger partial charge is 0.312 e. The van der Waals surface area contributed by atoms with Crippen LogP contribution in [-0.4, -0.2) is 18.6 Å². The molecule has 1 aromatic rings. The van der Waals surface area contributed by atoms with E-state index in [1.807, 2.05) is 39.0 Å². The minimum absolute atomic E-state index is 0.0796. The first-order chi connectivity index (χ1) is 10.7. The zero-order valence-electron chi connectivity index (χ0n) is 13.9. The first-order valence-corrected chi connectivity index (χ1v) is 8.19. The van der Waals surface area contributed by atoms with Crippen LogP contribution < -0.4 is 4.90 Å². The highest BCUT2D eigenvalue weighted by Gasteiger charge is 2.44. The summed E-state index contributed by atoms with van der Waals surface area (Å²) in [4.78, 5) is 14.4. The molecule has 2 rings (SSSR count). The molecule has 5 heteroatoms. The maximum Gasteiger partial charge on any atom is 0.391 e. The van der Waals surface area contributed by atoms with Gasteiger partial charge in [-0.15, -0.1) is 0 Å². The van der Waals surface area contributed by atoms with Crippen LogP contribution >= 0.6 is 0 Å². The summed E-state index contributed by atoms with van der Waals surface area (Å²) in [6.07, 6.45) is -3.12. The van der Waals surface area contributed by atoms with Gasteiger partial charge in [0.25, 0.3) is 0 Å². The van der Waals surface area contributed by atoms with Gasteiger partial charge >= 0.3 is 6.18 Å². The topological polar surface area (TPSA) is 20.3 Å². The molecule has 2 nitrogen and oxygen atoms in total. The number of rotatable bonds is 3. The maximum absolute atomic E-state index is 13.0. The number of alkyl halides is 3. The molecular weight excluding hydrogens is 303 g/mol. The molecule has 128 valence electrons. The Labute approximate surface area is 135 Å². The Morgan fingerprint density at radius 1 is 1.26 bits per heavy atom. The molecular formula is C18H24F3NO. The molecule has 2 unspecified atom stereocenters. The van der Waals surface area contributed by atoms with Gasteiger partial charge in [-0.2, -0.15) is 13.2 Å². The van der Waals surface area contributed by atoms with Gasteiger partial charge in [-0.3, -0.25) is 4.79 Å². The largest absolute Gasteiger partial charge is 0.391 e. The lowest BCUT2D eigenvalue weighted by Crippen LogP contribution is -2.40. The van der Waals surface area contributed by atoms with E-state index < -0.39 is 18.0 Å². The van der Waals surface area contributed by atoms with Gasteiger partial charge in [-0.25, -0.2) is 0 Å². The summed E-state index contributed by atoms with van der Waals surface area (Å²) < 4.78 is 38.9. The molecule has 0 bridgehead atoms. The van der Waals surface area contributed by atoms with Crippen molar-refractivity contribution in [1.82, 2.24) is 0 Å². The third kappa shape index (κ3) is 4.06. The summed E-state index contributed by atoms with van der Waals surface area (Å²) >= 11 is 0. The van der Waals surface area contributed by atoms with Crippen LogP contribution in [0.15, 0.2) is 18.2 Å². The SMILES string of the molecule is CCN(C(=O)C1CCCC(C(F)(F)F)C1)c1ccc(C)cc1C. The zero-order valence-corrected chi connectivity index (χ0v) is 13.9. The Morgan fingerprint density at radius 3 is 2.52 bits per heavy atom. The van der Waals surface area contributed by atoms with Crippen molar-refractivity contribution in [2.75, 3.05) is 11.4 Å². The number of amides is 1. The Hall–Kier alpha value is -1.52. The van der Waals surface area contributed by atoms with Crippen molar-refractivity contribution in [2.24, 2.45) is 11.8 Å². The van der Waals surface area contributed by atoms with Crippen LogP contribution in [0.5, 0.6) is 0 Å². The Morgan fingerprint density at radius 2 is 1.96 bits per heavy atom. The number of carbonyl (C=O) groups excluding carboxylic acids is 1. The van der Waals surface area contributed by atoms with Crippen LogP contribution in [0.4, 0.5) is 18.9 Å². The van der Waals surface area contributed by atoms with Crippen molar-refractivity contribution in [3.8, 4) is 0 Å². The molecule has 0 N–H and O–H groups in total. The van der Waals surface area contributed by atoms with Crippen molar-refractivity contribution >= 4 is 11.6 Å². The summed E-state index contributed by atoms with van der Waals surface area (Å²) in [5.41, 5.74) is 2.88. The van der Waals surface area contributed by atoms with E-state index in [4.69, 9.17) is 0 Å². The van der Waals surface area contributed by atoms with E-state index in [1.165, 1.54) is 0 Å². The van der Waals surface area contributed by atoms with E-state index in [-0.39, 0.29) is 18.7 Å². The van der Waals surface area contributed by atoms with Gasteiger partial charge in [0.05, 0.1) is 5.92 Å². The average molecular weight is 327 g/mol. The average Bonchev–Trinajstić information content (AvgIpc) is 2.49. The number of halogens is 3. The number of anilines is 1. The minimum Gasteiger partial charge on any atom is -0.312 e. The summed E-state index contributed by atoms with van der Waals surface area (Å²) in [7, 11) is 0. The zero-order chi connectivity index (χ0) is 17.2. The third-order valence-corrected chi connectivity index (χ3v) is 4.71. The number of aryl methyl sites for hydroxylation is 2. The van der Waals surface area contributed by atoms with Gasteiger partial charge in [0.15, 0.2) is 0 Å². The minimum atomic E-state index is -4.20. The first kappa shape index (κ1) is 17.8. The number of hydrogen-bond donors (Lipinski definition) is 0. The molecule has 0 aromatic heterocycles. The standard InChI is InChI=1S/C18H24F3NO/c1-4-22(16-9-8-12(2)10-13(16)3)17(23)14-6-5-7-15(11-14)18(19,20)21/h8-10,14-15H,4-7,11H2,1-3H3. The van der Waals surface area contributed by atoms with E-state index in [9.17, 15) is 18.0 Å². The fraction of sp³-hybridized carbons (Fsp3) is 0.611. The predicted octanol–water partition coefficient (Wildman–Crippen LogP) is 5.03. The van der Waals surface area contributed by atoms with Crippen LogP contribution in [0.3, 0.4) is 0 Å². The van der Waals surface area contributed by atoms with Crippen LogP contribution in [-0.2, 0) is 4.79 Å². The fourth-order valence-corrected chi connectivity index (χ4v) is 3.48. The quantitative estimate of drug-likeness (QED) is 0.763. The Kier molecular flexibility index (Phi) is 5.37. The van der Waals surface area contributed by atoms with Crippen molar-refractivity contribution in [3.63, 3.8) is 0 Å².